The number of hydrogen-bond donors (Lipinski definition) is 2. The van der Waals surface area contributed by atoms with Gasteiger partial charge in [0.1, 0.15) is 18.2 Å². The lowest BCUT2D eigenvalue weighted by atomic mass is 9.70. The zero-order valence-electron chi connectivity index (χ0n) is 27.6. The van der Waals surface area contributed by atoms with Crippen LogP contribution in [-0.2, 0) is 28.7 Å². The van der Waals surface area contributed by atoms with Crippen LogP contribution in [-0.4, -0.2) is 82.6 Å². The largest absolute Gasteiger partial charge is 0.463 e. The lowest BCUT2D eigenvalue weighted by Crippen LogP contribution is -2.57. The van der Waals surface area contributed by atoms with Crippen molar-refractivity contribution in [2.45, 2.75) is 67.6 Å². The second-order valence-electron chi connectivity index (χ2n) is 12.8. The van der Waals surface area contributed by atoms with Gasteiger partial charge in [0.15, 0.2) is 0 Å². The fourth-order valence-corrected chi connectivity index (χ4v) is 8.79. The number of alkyl halides is 1. The first-order chi connectivity index (χ1) is 23.6. The molecule has 262 valence electrons. The average Bonchev–Trinajstić information content (AvgIpc) is 3.68. The Morgan fingerprint density at radius 1 is 1.18 bits per heavy atom. The molecule has 0 saturated carbocycles. The Balaban J connectivity index is 1.50. The number of unbranched alkanes of at least 4 members (excludes halogenated alkanes) is 1. The van der Waals surface area contributed by atoms with Crippen molar-refractivity contribution in [1.82, 2.24) is 10.2 Å². The van der Waals surface area contributed by atoms with Gasteiger partial charge in [-0.05, 0) is 49.8 Å². The van der Waals surface area contributed by atoms with E-state index >= 15 is 0 Å². The average molecular weight is 757 g/mol. The van der Waals surface area contributed by atoms with Crippen LogP contribution in [0.2, 0.25) is 5.02 Å². The number of allylic oxidation sites excluding steroid dienone is 1. The molecular weight excluding hydrogens is 714 g/mol. The summed E-state index contributed by atoms with van der Waals surface area (Å²) in [5, 5.41) is 13.0. The minimum atomic E-state index is -1.30. The van der Waals surface area contributed by atoms with Gasteiger partial charge in [-0.2, -0.15) is 0 Å². The van der Waals surface area contributed by atoms with E-state index in [4.69, 9.17) is 21.1 Å². The molecule has 2 aromatic rings. The highest BCUT2D eigenvalue weighted by atomic mass is 79.9. The van der Waals surface area contributed by atoms with Crippen LogP contribution in [0.3, 0.4) is 0 Å². The number of nitrogens with zero attached hydrogens (tertiary/aromatic N) is 2. The molecule has 7 atom stereocenters. The van der Waals surface area contributed by atoms with Gasteiger partial charge in [0.2, 0.25) is 11.8 Å². The summed E-state index contributed by atoms with van der Waals surface area (Å²) < 4.78 is 12.2. The van der Waals surface area contributed by atoms with E-state index in [1.54, 1.807) is 24.3 Å². The highest BCUT2D eigenvalue weighted by Crippen LogP contribution is 2.60. The monoisotopic (exact) mass is 755 g/mol. The van der Waals surface area contributed by atoms with E-state index in [0.29, 0.717) is 36.4 Å². The normalized spacial score (nSPS) is 25.8. The number of benzene rings is 2. The maximum atomic E-state index is 14.9. The molecule has 2 bridgehead atoms. The number of nitrogens with one attached hydrogen (secondary N) is 1. The van der Waals surface area contributed by atoms with Crippen LogP contribution < -0.4 is 10.2 Å². The van der Waals surface area contributed by atoms with E-state index in [1.165, 1.54) is 9.80 Å². The molecular formula is C37H43BrClN3O7. The maximum absolute atomic E-state index is 14.9. The highest BCUT2D eigenvalue weighted by Gasteiger charge is 2.76. The number of aliphatic hydroxyl groups excluding tert-OH is 1. The number of halogens is 2. The van der Waals surface area contributed by atoms with Crippen molar-refractivity contribution >= 4 is 56.9 Å². The van der Waals surface area contributed by atoms with Gasteiger partial charge in [-0.15, -0.1) is 13.2 Å². The summed E-state index contributed by atoms with van der Waals surface area (Å²) in [5.41, 5.74) is 0.718. The zero-order valence-corrected chi connectivity index (χ0v) is 29.9. The lowest BCUT2D eigenvalue weighted by Gasteiger charge is -2.37. The molecule has 3 amide bonds. The highest BCUT2D eigenvalue weighted by molar-refractivity contribution is 9.09. The number of hydrogen-bond acceptors (Lipinski definition) is 7. The van der Waals surface area contributed by atoms with Crippen molar-refractivity contribution in [2.75, 3.05) is 31.2 Å². The third-order valence-electron chi connectivity index (χ3n) is 9.65. The molecule has 0 aromatic heterocycles. The SMILES string of the molecule is C=CCCC(=O)OC[C@H](NC(=O)[C@H]1[C@@H]2O[C@@]3(CC2Br)[C@@H]1C(=O)N(CCCCO)[C@@H]3C(=O)N(CC=C)c1c(C)cccc1Cl)c1ccccc1. The van der Waals surface area contributed by atoms with Crippen LogP contribution in [0.15, 0.2) is 73.8 Å². The Hall–Kier alpha value is -3.51. The van der Waals surface area contributed by atoms with Crippen molar-refractivity contribution in [1.29, 1.82) is 0 Å². The Labute approximate surface area is 300 Å². The minimum Gasteiger partial charge on any atom is -0.463 e. The van der Waals surface area contributed by atoms with Crippen molar-refractivity contribution < 1.29 is 33.8 Å². The molecule has 3 saturated heterocycles. The molecule has 0 aliphatic carbocycles. The van der Waals surface area contributed by atoms with Crippen LogP contribution >= 0.6 is 27.5 Å². The molecule has 0 radical (unpaired) electrons. The standard InChI is InChI=1S/C37H43BrClN3O7/c1-4-6-17-28(44)48-22-27(24-14-8-7-9-15-24)40-34(45)29-30-35(46)42(19-10-11-20-43)33(37(30)21-25(38)32(29)49-37)36(47)41(18-5-2)31-23(3)13-12-16-26(31)39/h4-5,7-9,12-16,25,27,29-30,32-33,43H,1-2,6,10-11,17-22H2,3H3,(H,40,45)/t25?,27-,29+,30-,32+,33+,37-/m0/s1. The predicted octanol–water partition coefficient (Wildman–Crippen LogP) is 5.05. The molecule has 1 spiro atoms. The first kappa shape index (κ1) is 36.8. The van der Waals surface area contributed by atoms with Gasteiger partial charge in [-0.25, -0.2) is 0 Å². The fraction of sp³-hybridized carbons (Fsp3) is 0.459. The van der Waals surface area contributed by atoms with E-state index in [2.05, 4.69) is 34.4 Å². The summed E-state index contributed by atoms with van der Waals surface area (Å²) in [5.74, 6) is -3.45. The number of rotatable bonds is 16. The smallest absolute Gasteiger partial charge is 0.306 e. The molecule has 12 heteroatoms. The summed E-state index contributed by atoms with van der Waals surface area (Å²) in [4.78, 5) is 58.9. The Morgan fingerprint density at radius 3 is 2.61 bits per heavy atom. The second-order valence-corrected chi connectivity index (χ2v) is 14.3. The van der Waals surface area contributed by atoms with Gasteiger partial charge in [-0.1, -0.05) is 82.1 Å². The summed E-state index contributed by atoms with van der Waals surface area (Å²) in [6, 6.07) is 12.8. The molecule has 3 aliphatic rings. The van der Waals surface area contributed by atoms with Crippen molar-refractivity contribution in [3.05, 3.63) is 90.0 Å². The quantitative estimate of drug-likeness (QED) is 0.106. The summed E-state index contributed by atoms with van der Waals surface area (Å²) in [6.45, 7) is 9.53. The molecule has 49 heavy (non-hydrogen) atoms. The Kier molecular flexibility index (Phi) is 12.0. The van der Waals surface area contributed by atoms with Gasteiger partial charge >= 0.3 is 5.97 Å². The van der Waals surface area contributed by atoms with Gasteiger partial charge in [0.05, 0.1) is 34.7 Å². The molecule has 5 rings (SSSR count). The molecule has 3 fully saturated rings. The van der Waals surface area contributed by atoms with Gasteiger partial charge in [-0.3, -0.25) is 19.2 Å². The molecule has 10 nitrogen and oxygen atoms in total. The van der Waals surface area contributed by atoms with Gasteiger partial charge < -0.3 is 29.7 Å². The molecule has 2 N–H and O–H groups in total. The predicted molar refractivity (Wildman–Crippen MR) is 190 cm³/mol. The number of carbonyl (C=O) groups is 4. The van der Waals surface area contributed by atoms with Gasteiger partial charge in [0.25, 0.3) is 5.91 Å². The number of amides is 3. The zero-order chi connectivity index (χ0) is 35.3. The van der Waals surface area contributed by atoms with Crippen LogP contribution in [0, 0.1) is 18.8 Å². The van der Waals surface area contributed by atoms with Crippen molar-refractivity contribution in [2.24, 2.45) is 11.8 Å². The van der Waals surface area contributed by atoms with E-state index in [0.717, 1.165) is 11.1 Å². The molecule has 2 aromatic carbocycles. The molecule has 1 unspecified atom stereocenters. The number of anilines is 1. The summed E-state index contributed by atoms with van der Waals surface area (Å²) >= 11 is 10.4. The number of aryl methyl sites for hydroxylation is 1. The third-order valence-corrected chi connectivity index (χ3v) is 10.8. The minimum absolute atomic E-state index is 0.0667. The summed E-state index contributed by atoms with van der Waals surface area (Å²) in [6.07, 6.45) is 4.40. The number of aliphatic hydroxyl groups is 1. The lowest BCUT2D eigenvalue weighted by molar-refractivity contribution is -0.145. The maximum Gasteiger partial charge on any atom is 0.306 e. The Bertz CT molecular complexity index is 1550. The van der Waals surface area contributed by atoms with E-state index in [-0.39, 0.29) is 49.4 Å². The van der Waals surface area contributed by atoms with Gasteiger partial charge in [0, 0.05) is 30.9 Å². The second kappa shape index (κ2) is 16.0. The van der Waals surface area contributed by atoms with Crippen LogP contribution in [0.1, 0.15) is 49.3 Å². The molecule has 3 heterocycles. The van der Waals surface area contributed by atoms with Crippen molar-refractivity contribution in [3.8, 4) is 0 Å². The number of likely N-dealkylation sites (tertiary alicyclic amines) is 1. The number of carbonyl (C=O) groups excluding carboxylic acids is 4. The summed E-state index contributed by atoms with van der Waals surface area (Å²) in [7, 11) is 0. The number of ether oxygens (including phenoxy) is 2. The first-order valence-corrected chi connectivity index (χ1v) is 17.9. The number of para-hydroxylation sites is 1. The molecule has 3 aliphatic heterocycles. The van der Waals surface area contributed by atoms with E-state index < -0.39 is 47.5 Å². The number of esters is 1. The van der Waals surface area contributed by atoms with E-state index in [1.807, 2.05) is 43.3 Å². The Morgan fingerprint density at radius 2 is 1.94 bits per heavy atom. The van der Waals surface area contributed by atoms with Crippen molar-refractivity contribution in [3.63, 3.8) is 0 Å². The topological polar surface area (TPSA) is 125 Å². The first-order valence-electron chi connectivity index (χ1n) is 16.6. The van der Waals surface area contributed by atoms with E-state index in [9.17, 15) is 24.3 Å². The fourth-order valence-electron chi connectivity index (χ4n) is 7.52. The van der Waals surface area contributed by atoms with Crippen LogP contribution in [0.5, 0.6) is 0 Å². The third kappa shape index (κ3) is 7.22. The van der Waals surface area contributed by atoms with Crippen LogP contribution in [0.25, 0.3) is 0 Å². The number of fused-ring (bicyclic) bond motifs is 1. The van der Waals surface area contributed by atoms with Crippen LogP contribution in [0.4, 0.5) is 5.69 Å².